The summed E-state index contributed by atoms with van der Waals surface area (Å²) < 4.78 is 5.75. The molecule has 3 aromatic rings. The van der Waals surface area contributed by atoms with Gasteiger partial charge >= 0.3 is 0 Å². The smallest absolute Gasteiger partial charge is 0.136 e. The second-order valence-corrected chi connectivity index (χ2v) is 6.59. The number of rotatable bonds is 9. The topological polar surface area (TPSA) is 46.5 Å². The molecule has 138 valence electrons. The zero-order valence-electron chi connectivity index (χ0n) is 15.3. The second kappa shape index (κ2) is 9.70. The number of benzene rings is 3. The lowest BCUT2D eigenvalue weighted by atomic mass is 10.0. The summed E-state index contributed by atoms with van der Waals surface area (Å²) in [6.07, 6.45) is 0.506. The molecule has 1 N–H and O–H groups in total. The Morgan fingerprint density at radius 3 is 2.04 bits per heavy atom. The molecule has 0 aliphatic rings. The lowest BCUT2D eigenvalue weighted by Gasteiger charge is -2.12. The molecular weight excluding hydrogens is 336 g/mol. The molecule has 0 heterocycles. The van der Waals surface area contributed by atoms with Gasteiger partial charge < -0.3 is 9.84 Å². The first-order valence-corrected chi connectivity index (χ1v) is 9.21. The Labute approximate surface area is 160 Å². The molecule has 0 aliphatic heterocycles. The van der Waals surface area contributed by atoms with Gasteiger partial charge in [-0.3, -0.25) is 4.79 Å². The summed E-state index contributed by atoms with van der Waals surface area (Å²) in [7, 11) is 0. The van der Waals surface area contributed by atoms with E-state index in [4.69, 9.17) is 4.74 Å². The van der Waals surface area contributed by atoms with Gasteiger partial charge in [0.1, 0.15) is 18.1 Å². The van der Waals surface area contributed by atoms with Crippen LogP contribution in [0.15, 0.2) is 84.9 Å². The number of carbonyl (C=O) groups excluding carboxylic acids is 1. The Morgan fingerprint density at radius 2 is 1.41 bits per heavy atom. The Balaban J connectivity index is 1.46. The Morgan fingerprint density at radius 1 is 0.815 bits per heavy atom. The van der Waals surface area contributed by atoms with Crippen LogP contribution in [0.3, 0.4) is 0 Å². The number of ether oxygens (including phenoxy) is 1. The number of hydrogen-bond acceptors (Lipinski definition) is 3. The van der Waals surface area contributed by atoms with Crippen molar-refractivity contribution in [3.05, 3.63) is 102 Å². The third-order valence-electron chi connectivity index (χ3n) is 4.47. The molecule has 0 aromatic heterocycles. The lowest BCUT2D eigenvalue weighted by Crippen LogP contribution is -2.07. The van der Waals surface area contributed by atoms with Crippen LogP contribution in [-0.4, -0.2) is 10.9 Å². The predicted octanol–water partition coefficient (Wildman–Crippen LogP) is 4.89. The normalized spacial score (nSPS) is 11.7. The molecule has 3 rings (SSSR count). The number of Topliss-reactive ketones (excluding diaryl/α,β-unsaturated/α-hetero) is 1. The van der Waals surface area contributed by atoms with Gasteiger partial charge in [0, 0.05) is 12.8 Å². The minimum Gasteiger partial charge on any atom is -0.489 e. The van der Waals surface area contributed by atoms with Crippen LogP contribution in [0, 0.1) is 0 Å². The van der Waals surface area contributed by atoms with Crippen LogP contribution in [0.5, 0.6) is 5.75 Å². The standard InChI is InChI=1S/C24H24O3/c25-22(14-11-19-7-3-1-4-8-19)17-24(26)21-12-15-23(16-13-21)27-18-20-9-5-2-6-10-20/h1-10,12-13,15-16,24,26H,11,14,17-18H2. The summed E-state index contributed by atoms with van der Waals surface area (Å²) in [6, 6.07) is 27.2. The number of ketones is 1. The van der Waals surface area contributed by atoms with Gasteiger partial charge in [-0.25, -0.2) is 0 Å². The van der Waals surface area contributed by atoms with E-state index < -0.39 is 6.10 Å². The summed E-state index contributed by atoms with van der Waals surface area (Å²) in [6.45, 7) is 0.501. The number of aliphatic hydroxyl groups excluding tert-OH is 1. The van der Waals surface area contributed by atoms with Crippen LogP contribution in [0.1, 0.15) is 35.6 Å². The molecule has 0 saturated carbocycles. The molecule has 3 aromatic carbocycles. The van der Waals surface area contributed by atoms with E-state index in [1.54, 1.807) is 0 Å². The first-order valence-electron chi connectivity index (χ1n) is 9.21. The summed E-state index contributed by atoms with van der Waals surface area (Å²) in [5.41, 5.74) is 2.97. The quantitative estimate of drug-likeness (QED) is 0.591. The first-order chi connectivity index (χ1) is 13.2. The molecule has 0 radical (unpaired) electrons. The van der Waals surface area contributed by atoms with E-state index in [2.05, 4.69) is 0 Å². The van der Waals surface area contributed by atoms with Crippen molar-refractivity contribution in [3.63, 3.8) is 0 Å². The van der Waals surface area contributed by atoms with Gasteiger partial charge in [0.2, 0.25) is 0 Å². The van der Waals surface area contributed by atoms with Crippen molar-refractivity contribution in [1.82, 2.24) is 0 Å². The van der Waals surface area contributed by atoms with E-state index >= 15 is 0 Å². The largest absolute Gasteiger partial charge is 0.489 e. The number of carbonyl (C=O) groups is 1. The fourth-order valence-corrected chi connectivity index (χ4v) is 2.89. The fraction of sp³-hybridized carbons (Fsp3) is 0.208. The van der Waals surface area contributed by atoms with Crippen LogP contribution in [-0.2, 0) is 17.8 Å². The second-order valence-electron chi connectivity index (χ2n) is 6.59. The zero-order valence-corrected chi connectivity index (χ0v) is 15.3. The average molecular weight is 360 g/mol. The Hall–Kier alpha value is -2.91. The Kier molecular flexibility index (Phi) is 6.78. The Bertz CT molecular complexity index is 827. The van der Waals surface area contributed by atoms with Gasteiger partial charge in [-0.05, 0) is 35.2 Å². The number of aliphatic hydroxyl groups is 1. The maximum atomic E-state index is 12.1. The molecule has 0 saturated heterocycles. The molecule has 0 bridgehead atoms. The summed E-state index contributed by atoms with van der Waals surface area (Å²) in [5, 5.41) is 10.3. The van der Waals surface area contributed by atoms with Crippen LogP contribution < -0.4 is 4.74 Å². The maximum Gasteiger partial charge on any atom is 0.136 e. The molecule has 0 aliphatic carbocycles. The maximum absolute atomic E-state index is 12.1. The highest BCUT2D eigenvalue weighted by atomic mass is 16.5. The monoisotopic (exact) mass is 360 g/mol. The van der Waals surface area contributed by atoms with E-state index in [9.17, 15) is 9.90 Å². The van der Waals surface area contributed by atoms with Gasteiger partial charge in [-0.2, -0.15) is 0 Å². The highest BCUT2D eigenvalue weighted by Crippen LogP contribution is 2.22. The summed E-state index contributed by atoms with van der Waals surface area (Å²) >= 11 is 0. The van der Waals surface area contributed by atoms with Crippen LogP contribution in [0.2, 0.25) is 0 Å². The van der Waals surface area contributed by atoms with Crippen LogP contribution >= 0.6 is 0 Å². The predicted molar refractivity (Wildman–Crippen MR) is 107 cm³/mol. The molecule has 0 amide bonds. The van der Waals surface area contributed by atoms with Crippen molar-refractivity contribution in [1.29, 1.82) is 0 Å². The SMILES string of the molecule is O=C(CCc1ccccc1)CC(O)c1ccc(OCc2ccccc2)cc1. The van der Waals surface area contributed by atoms with E-state index in [1.807, 2.05) is 84.9 Å². The van der Waals surface area contributed by atoms with Crippen molar-refractivity contribution in [2.45, 2.75) is 32.0 Å². The van der Waals surface area contributed by atoms with Gasteiger partial charge in [-0.1, -0.05) is 72.8 Å². The van der Waals surface area contributed by atoms with Crippen LogP contribution in [0.4, 0.5) is 0 Å². The highest BCUT2D eigenvalue weighted by Gasteiger charge is 2.13. The third-order valence-corrected chi connectivity index (χ3v) is 4.47. The van der Waals surface area contributed by atoms with Gasteiger partial charge in [0.15, 0.2) is 0 Å². The molecule has 27 heavy (non-hydrogen) atoms. The number of aryl methyl sites for hydroxylation is 1. The van der Waals surface area contributed by atoms with Crippen molar-refractivity contribution in [3.8, 4) is 5.75 Å². The highest BCUT2D eigenvalue weighted by molar-refractivity contribution is 5.79. The van der Waals surface area contributed by atoms with Gasteiger partial charge in [0.05, 0.1) is 6.10 Å². The van der Waals surface area contributed by atoms with E-state index in [1.165, 1.54) is 0 Å². The van der Waals surface area contributed by atoms with E-state index in [0.717, 1.165) is 22.4 Å². The molecule has 3 nitrogen and oxygen atoms in total. The third kappa shape index (κ3) is 6.08. The van der Waals surface area contributed by atoms with Crippen molar-refractivity contribution in [2.24, 2.45) is 0 Å². The van der Waals surface area contributed by atoms with E-state index in [-0.39, 0.29) is 12.2 Å². The van der Waals surface area contributed by atoms with Crippen LogP contribution in [0.25, 0.3) is 0 Å². The molecule has 1 unspecified atom stereocenters. The summed E-state index contributed by atoms with van der Waals surface area (Å²) in [4.78, 5) is 12.1. The van der Waals surface area contributed by atoms with E-state index in [0.29, 0.717) is 19.4 Å². The molecule has 0 fully saturated rings. The number of hydrogen-bond donors (Lipinski definition) is 1. The molecule has 0 spiro atoms. The lowest BCUT2D eigenvalue weighted by molar-refractivity contribution is -0.121. The zero-order chi connectivity index (χ0) is 18.9. The first kappa shape index (κ1) is 18.9. The van der Waals surface area contributed by atoms with Crippen molar-refractivity contribution >= 4 is 5.78 Å². The average Bonchev–Trinajstić information content (AvgIpc) is 2.72. The van der Waals surface area contributed by atoms with Crippen molar-refractivity contribution < 1.29 is 14.6 Å². The minimum atomic E-state index is -0.781. The molecule has 1 atom stereocenters. The summed E-state index contributed by atoms with van der Waals surface area (Å²) in [5.74, 6) is 0.806. The minimum absolute atomic E-state index is 0.0655. The fourth-order valence-electron chi connectivity index (χ4n) is 2.89. The van der Waals surface area contributed by atoms with Crippen molar-refractivity contribution in [2.75, 3.05) is 0 Å². The van der Waals surface area contributed by atoms with Gasteiger partial charge in [0.25, 0.3) is 0 Å². The molecular formula is C24H24O3. The van der Waals surface area contributed by atoms with Gasteiger partial charge in [-0.15, -0.1) is 0 Å². The molecule has 3 heteroatoms.